The maximum atomic E-state index is 11.1. The van der Waals surface area contributed by atoms with E-state index < -0.39 is 5.97 Å². The maximum Gasteiger partial charge on any atom is 0.338 e. The molecule has 0 aliphatic carbocycles. The van der Waals surface area contributed by atoms with E-state index in [2.05, 4.69) is 363 Å². The van der Waals surface area contributed by atoms with Crippen LogP contribution in [0.15, 0.2) is 313 Å². The second-order valence-electron chi connectivity index (χ2n) is 26.9. The summed E-state index contributed by atoms with van der Waals surface area (Å²) >= 11 is 29.6. The van der Waals surface area contributed by atoms with Crippen molar-refractivity contribution in [3.8, 4) is 23.5 Å². The third-order valence-corrected chi connectivity index (χ3v) is 25.1. The van der Waals surface area contributed by atoms with Crippen LogP contribution in [-0.2, 0) is 339 Å². The smallest absolute Gasteiger partial charge is 0.338 e. The van der Waals surface area contributed by atoms with Crippen LogP contribution < -0.4 is 5.73 Å². The third kappa shape index (κ3) is 58.2. The minimum Gasteiger partial charge on any atom is -0.478 e. The number of aliphatic hydroxyl groups is 1. The number of aromatic carboxylic acids is 1. The summed E-state index contributed by atoms with van der Waals surface area (Å²) in [5.41, 5.74) is 19.4. The van der Waals surface area contributed by atoms with Crippen LogP contribution in [-0.4, -0.2) is 84.9 Å². The number of carbonyl (C=O) groups is 4. The van der Waals surface area contributed by atoms with Gasteiger partial charge in [-0.15, -0.1) is 12.3 Å². The zero-order chi connectivity index (χ0) is 88.8. The Hall–Kier alpha value is 2.06. The number of aryl methyl sites for hydroxylation is 1. The molecule has 0 fully saturated rings. The van der Waals surface area contributed by atoms with E-state index in [1.165, 1.54) is 57.0 Å². The largest absolute Gasteiger partial charge is 0.478 e. The van der Waals surface area contributed by atoms with E-state index in [-0.39, 0.29) is 321 Å². The molecular formula is C96H80Br5I6N7O8V16. The summed E-state index contributed by atoms with van der Waals surface area (Å²) in [6.45, 7) is 6.38. The number of benzene rings is 11. The van der Waals surface area contributed by atoms with E-state index in [9.17, 15) is 19.2 Å². The molecule has 42 heteroatoms. The topological polar surface area (TPSA) is 222 Å². The van der Waals surface area contributed by atoms with E-state index in [1.807, 2.05) is 174 Å². The summed E-state index contributed by atoms with van der Waals surface area (Å²) in [6.07, 6.45) is 17.8. The molecule has 0 bridgehead atoms. The number of terminal acetylenes is 1. The van der Waals surface area contributed by atoms with E-state index in [1.54, 1.807) is 36.4 Å². The Morgan fingerprint density at radius 1 is 0.449 bits per heavy atom. The second-order valence-corrected chi connectivity index (χ2v) is 38.4. The molecule has 0 saturated carbocycles. The number of methoxy groups -OCH3 is 2. The molecule has 15 nitrogen and oxygen atoms in total. The molecule has 16 radical (unpaired) electrons. The van der Waals surface area contributed by atoms with Crippen molar-refractivity contribution in [1.82, 2.24) is 24.5 Å². The van der Waals surface area contributed by atoms with Crippen LogP contribution in [0.2, 0.25) is 0 Å². The van der Waals surface area contributed by atoms with Crippen LogP contribution in [0, 0.1) is 33.8 Å². The third-order valence-electron chi connectivity index (χ3n) is 16.7. The van der Waals surface area contributed by atoms with Crippen LogP contribution in [0.25, 0.3) is 43.7 Å². The summed E-state index contributed by atoms with van der Waals surface area (Å²) in [5, 5.41) is 22.9. The Balaban J connectivity index is -0.000000169. The fourth-order valence-electron chi connectivity index (χ4n) is 10.8. The van der Waals surface area contributed by atoms with Gasteiger partial charge in [-0.25, -0.2) is 24.4 Å². The standard InChI is InChI=1S/C23H19N5.C16H12BrN.C11H13BrIN.C9H8.C8H6BrIO2.C8H7IO2.C7H6BrIO.C7H4BrIO.C7H5IO2.16V/c1-28-13-20(21-22(24)26-14-27-23(21)28)17-8-7-16-11-19(25-12-18(16)10-17)9-15-5-3-2-4-6-15;17-15-7-6-13-10-16(18-11-14(13)9-15)8-12-4-2-1-3-5-12;1-11(2,3)14-7-8-6-9(12)4-5-10(8)13;1-2-6-9-7-4-3-5-8-9;1-12-8(11)6-4-5(9)2-3-7(6)10;1-11-8(10)6-4-2-3-5-7(6)9;2*8-6-1-2-7(9)5(3-6)4-10;8-6-4-2-1-3-5(6)7(9)10;;;;;;;;;;;;;;;;/h2-8,10-14H,9H2,1H3,(H2,24,26,27);1-7,9-11H,8H2;4-7H,1-3H3;1,3-5,7-8H,6H2;2-4H,1H3;2-5H,1H3;1-3,10H,4H2;1-4H;1-4H,(H,9,10);;;;;;;;;;;;;;;;. The predicted octanol–water partition coefficient (Wildman–Crippen LogP) is 27.4. The molecule has 4 aromatic heterocycles. The number of aliphatic imine (C=N–C) groups is 1. The van der Waals surface area contributed by atoms with Gasteiger partial charge in [-0.3, -0.25) is 19.8 Å². The Kier molecular flexibility index (Phi) is 102. The number of rotatable bonds is 12. The number of carboxylic acids is 1. The number of aromatic nitrogens is 5. The van der Waals surface area contributed by atoms with Gasteiger partial charge in [-0.2, -0.15) is 0 Å². The zero-order valence-electron chi connectivity index (χ0n) is 73.6. The second kappa shape index (κ2) is 87.5. The minimum absolute atomic E-state index is 0. The van der Waals surface area contributed by atoms with E-state index in [0.717, 1.165) is 121 Å². The van der Waals surface area contributed by atoms with Crippen LogP contribution in [0.5, 0.6) is 0 Å². The summed E-state index contributed by atoms with van der Waals surface area (Å²) < 4.78 is 22.1. The Morgan fingerprint density at radius 3 is 1.26 bits per heavy atom. The number of nitrogens with two attached hydrogens (primary N) is 1. The van der Waals surface area contributed by atoms with Crippen molar-refractivity contribution >= 4 is 284 Å². The molecule has 15 aromatic rings. The molecule has 0 amide bonds. The van der Waals surface area contributed by atoms with Gasteiger partial charge in [0.2, 0.25) is 0 Å². The monoisotopic (exact) mass is 3430 g/mol. The summed E-state index contributed by atoms with van der Waals surface area (Å²) in [5.74, 6) is 1.62. The molecular weight excluding hydrogens is 3360 g/mol. The average Bonchev–Trinajstić information content (AvgIpc) is 1.61. The van der Waals surface area contributed by atoms with Crippen molar-refractivity contribution in [2.45, 2.75) is 52.2 Å². The number of halogens is 11. The predicted molar refractivity (Wildman–Crippen MR) is 565 cm³/mol. The number of anilines is 1. The van der Waals surface area contributed by atoms with Crippen molar-refractivity contribution in [3.63, 3.8) is 0 Å². The van der Waals surface area contributed by atoms with Gasteiger partial charge in [-0.1, -0.05) is 213 Å². The maximum absolute atomic E-state index is 11.1. The summed E-state index contributed by atoms with van der Waals surface area (Å²) in [4.78, 5) is 65.1. The van der Waals surface area contributed by atoms with Crippen molar-refractivity contribution < 1.29 is 336 Å². The van der Waals surface area contributed by atoms with Crippen molar-refractivity contribution in [1.29, 1.82) is 0 Å². The molecule has 704 valence electrons. The number of nitrogens with zero attached hydrogens (tertiary/aromatic N) is 6. The van der Waals surface area contributed by atoms with Crippen molar-refractivity contribution in [3.05, 3.63) is 391 Å². The quantitative estimate of drug-likeness (QED) is 0.0341. The number of hydrogen-bond donors (Lipinski definition) is 3. The number of carboxylic acid groups (broad SMARTS) is 1. The Bertz CT molecular complexity index is 6160. The number of pyridine rings is 2. The SMILES string of the molecule is Brc1ccc2cc(Cc3ccccc3)ncc2c1.C#CCc1ccccc1.CC(C)(C)N=Cc1cc(Br)ccc1I.COC(=O)c1cc(Br)ccc1I.COC(=O)c1ccccc1I.Cn1cc(-c2ccc3cc(Cc4ccccc4)ncc3c2)c2c(N)ncnc21.O=C(O)c1ccccc1I.O=Cc1cc(Br)ccc1I.OCc1cc(Br)ccc1I.[V].[V].[V].[V].[V].[V].[V].[V].[V].[V].[V].[V].[V].[V].[V].[V]. The molecule has 0 saturated heterocycles. The minimum atomic E-state index is -0.870. The van der Waals surface area contributed by atoms with E-state index in [4.69, 9.17) is 22.4 Å². The molecule has 15 rings (SSSR count). The first-order valence-electron chi connectivity index (χ1n) is 36.7. The molecule has 138 heavy (non-hydrogen) atoms. The van der Waals surface area contributed by atoms with Gasteiger partial charge in [0, 0.05) is 431 Å². The first-order valence-corrected chi connectivity index (χ1v) is 47.2. The Labute approximate surface area is 1120 Å². The van der Waals surface area contributed by atoms with E-state index >= 15 is 0 Å². The number of aliphatic hydroxyl groups excluding tert-OH is 1. The van der Waals surface area contributed by atoms with Gasteiger partial charge in [-0.05, 0) is 322 Å². The van der Waals surface area contributed by atoms with Crippen LogP contribution in [0.4, 0.5) is 5.82 Å². The number of aldehydes is 1. The fourth-order valence-corrected chi connectivity index (χ4v) is 15.9. The first kappa shape index (κ1) is 160. The Morgan fingerprint density at radius 2 is 0.833 bits per heavy atom. The van der Waals surface area contributed by atoms with Crippen LogP contribution in [0.1, 0.15) is 101 Å². The zero-order valence-corrected chi connectivity index (χ0v) is 117. The average molecular weight is 3440 g/mol. The molecule has 0 aliphatic heterocycles. The van der Waals surface area contributed by atoms with E-state index in [0.29, 0.717) is 22.5 Å². The van der Waals surface area contributed by atoms with Crippen LogP contribution in [0.3, 0.4) is 0 Å². The van der Waals surface area contributed by atoms with Gasteiger partial charge >= 0.3 is 17.9 Å². The van der Waals surface area contributed by atoms with Gasteiger partial charge in [0.15, 0.2) is 6.29 Å². The van der Waals surface area contributed by atoms with Crippen molar-refractivity contribution in [2.75, 3.05) is 20.0 Å². The molecule has 4 N–H and O–H groups in total. The normalized spacial score (nSPS) is 9.14. The van der Waals surface area contributed by atoms with Gasteiger partial charge in [0.05, 0.1) is 48.4 Å². The van der Waals surface area contributed by atoms with Gasteiger partial charge in [0.25, 0.3) is 0 Å². The summed E-state index contributed by atoms with van der Waals surface area (Å²) in [7, 11) is 4.72. The number of esters is 2. The first-order chi connectivity index (χ1) is 58.4. The van der Waals surface area contributed by atoms with Gasteiger partial charge < -0.3 is 30.0 Å². The fraction of sp³-hybridized carbons (Fsp3) is 0.115. The number of hydrogen-bond acceptors (Lipinski definition) is 13. The molecule has 11 aromatic carbocycles. The van der Waals surface area contributed by atoms with Gasteiger partial charge in [0.1, 0.15) is 17.8 Å². The molecule has 0 spiro atoms. The molecule has 0 aliphatic rings. The number of carbonyl (C=O) groups excluding carboxylic acids is 3. The number of ether oxygens (including phenoxy) is 2. The summed E-state index contributed by atoms with van der Waals surface area (Å²) in [6, 6.07) is 85.2. The van der Waals surface area contributed by atoms with Crippen LogP contribution >= 0.6 is 215 Å². The molecule has 4 heterocycles. The number of fused-ring (bicyclic) bond motifs is 3. The van der Waals surface area contributed by atoms with Crippen molar-refractivity contribution in [2.24, 2.45) is 12.0 Å². The number of nitrogen functional groups attached to an aromatic ring is 1. The molecule has 0 atom stereocenters. The molecule has 0 unspecified atom stereocenters.